The summed E-state index contributed by atoms with van der Waals surface area (Å²) in [5, 5.41) is 14.2. The number of allylic oxidation sites excluding steroid dienone is 1. The third-order valence-corrected chi connectivity index (χ3v) is 14.0. The van der Waals surface area contributed by atoms with E-state index in [2.05, 4.69) is 10.0 Å². The molecule has 0 spiro atoms. The number of fused-ring (bicyclic) bond motifs is 3. The highest BCUT2D eigenvalue weighted by molar-refractivity contribution is 7.91. The molecule has 2 saturated carbocycles. The Kier molecular flexibility index (Phi) is 11.7. The number of nitrogens with zero attached hydrogens (tertiary/aromatic N) is 3. The number of methoxy groups -OCH3 is 1. The Morgan fingerprint density at radius 2 is 1.77 bits per heavy atom. The molecular weight excluding hydrogens is 794 g/mol. The van der Waals surface area contributed by atoms with Crippen LogP contribution in [0.4, 0.5) is 9.18 Å². The van der Waals surface area contributed by atoms with Crippen LogP contribution in [0.15, 0.2) is 60.7 Å². The Morgan fingerprint density at radius 3 is 2.42 bits per heavy atom. The van der Waals surface area contributed by atoms with Crippen molar-refractivity contribution in [2.75, 3.05) is 13.7 Å². The zero-order valence-electron chi connectivity index (χ0n) is 34.8. The molecule has 0 radical (unpaired) electrons. The molecule has 3 N–H and O–H groups in total. The van der Waals surface area contributed by atoms with Crippen LogP contribution in [-0.4, -0.2) is 100 Å². The number of carboxylic acid groups (broad SMARTS) is 1. The number of benzene rings is 2. The third kappa shape index (κ3) is 8.79. The van der Waals surface area contributed by atoms with E-state index in [9.17, 15) is 32.3 Å². The molecule has 60 heavy (non-hydrogen) atoms. The number of amides is 4. The van der Waals surface area contributed by atoms with Gasteiger partial charge in [0.15, 0.2) is 0 Å². The second-order valence-corrected chi connectivity index (χ2v) is 19.9. The van der Waals surface area contributed by atoms with E-state index in [1.165, 1.54) is 17.0 Å². The van der Waals surface area contributed by atoms with Gasteiger partial charge in [-0.3, -0.25) is 24.0 Å². The number of hydrogen-bond donors (Lipinski definition) is 3. The number of carbonyl (C=O) groups excluding carboxylic acids is 3. The van der Waals surface area contributed by atoms with Crippen molar-refractivity contribution in [2.45, 2.75) is 114 Å². The van der Waals surface area contributed by atoms with Gasteiger partial charge < -0.3 is 24.8 Å². The monoisotopic (exact) mass is 847 g/mol. The molecule has 0 bridgehead atoms. The normalized spacial score (nSPS) is 28.0. The number of carbonyl (C=O) groups is 4. The van der Waals surface area contributed by atoms with E-state index < -0.39 is 86.0 Å². The molecule has 3 fully saturated rings. The van der Waals surface area contributed by atoms with Crippen molar-refractivity contribution in [3.8, 4) is 22.9 Å². The van der Waals surface area contributed by atoms with E-state index in [1.54, 1.807) is 58.2 Å². The predicted molar refractivity (Wildman–Crippen MR) is 222 cm³/mol. The number of sulfonamides is 1. The minimum Gasteiger partial charge on any atom is -0.497 e. The molecule has 3 heterocycles. The minimum atomic E-state index is -3.95. The number of aromatic nitrogens is 1. The van der Waals surface area contributed by atoms with Crippen LogP contribution in [0.5, 0.6) is 11.6 Å². The highest BCUT2D eigenvalue weighted by atomic mass is 32.2. The molecule has 322 valence electrons. The number of halogens is 1. The summed E-state index contributed by atoms with van der Waals surface area (Å²) in [5.41, 5.74) is -1.51. The van der Waals surface area contributed by atoms with Crippen molar-refractivity contribution in [3.63, 3.8) is 0 Å². The predicted octanol–water partition coefficient (Wildman–Crippen LogP) is 6.04. The molecule has 16 heteroatoms. The minimum absolute atomic E-state index is 0.0592. The van der Waals surface area contributed by atoms with Gasteiger partial charge in [-0.05, 0) is 125 Å². The molecular formula is C44H54FN5O9S. The Bertz CT molecular complexity index is 2310. The summed E-state index contributed by atoms with van der Waals surface area (Å²) in [5.74, 6) is -2.66. The highest BCUT2D eigenvalue weighted by Crippen LogP contribution is 2.46. The van der Waals surface area contributed by atoms with Crippen molar-refractivity contribution >= 4 is 44.6 Å². The first kappa shape index (κ1) is 42.9. The van der Waals surface area contributed by atoms with E-state index in [0.717, 1.165) is 4.90 Å². The quantitative estimate of drug-likeness (QED) is 0.226. The third-order valence-electron chi connectivity index (χ3n) is 12.2. The summed E-state index contributed by atoms with van der Waals surface area (Å²) < 4.78 is 54.3. The second-order valence-electron chi connectivity index (χ2n) is 17.9. The maximum atomic E-state index is 15.2. The van der Waals surface area contributed by atoms with Gasteiger partial charge in [0, 0.05) is 28.8 Å². The van der Waals surface area contributed by atoms with Crippen molar-refractivity contribution < 1.29 is 46.6 Å². The van der Waals surface area contributed by atoms with Crippen LogP contribution in [-0.2, 0) is 24.4 Å². The molecule has 2 aliphatic heterocycles. The lowest BCUT2D eigenvalue weighted by atomic mass is 9.85. The van der Waals surface area contributed by atoms with Crippen LogP contribution in [0.2, 0.25) is 0 Å². The first-order valence-corrected chi connectivity index (χ1v) is 22.1. The smallest absolute Gasteiger partial charge is 0.408 e. The molecule has 4 amide bonds. The summed E-state index contributed by atoms with van der Waals surface area (Å²) in [6.45, 7) is 8.92. The largest absolute Gasteiger partial charge is 0.497 e. The van der Waals surface area contributed by atoms with Gasteiger partial charge in [-0.2, -0.15) is 0 Å². The average molecular weight is 848 g/mol. The summed E-state index contributed by atoms with van der Waals surface area (Å²) in [4.78, 5) is 64.3. The molecule has 7 rings (SSSR count). The van der Waals surface area contributed by atoms with Crippen LogP contribution >= 0.6 is 0 Å². The SMILES string of the molecule is COc1ccc2c(O[C@@H]3C[C@H]4C(=O)N[C@]5(C(=O)NS(=O)(=O)C6CC6)C[C@H]5/C=C\CC[C@H](C)C[C@@H](C)[C@H](N(C(=O)O)C(C)(C)C)C(=O)N4C3)nc(-c3ccc(F)cc3)cc2c1. The summed E-state index contributed by atoms with van der Waals surface area (Å²) in [7, 11) is -2.41. The zero-order chi connectivity index (χ0) is 43.3. The Morgan fingerprint density at radius 1 is 1.05 bits per heavy atom. The second kappa shape index (κ2) is 16.3. The first-order chi connectivity index (χ1) is 28.3. The topological polar surface area (TPSA) is 185 Å². The molecule has 1 aromatic heterocycles. The molecule has 4 aliphatic rings. The standard InChI is InChI=1S/C44H54FN5O9S/c1-25-9-7-8-10-29-23-44(29,41(53)48-60(56,57)33-16-17-33)47-38(51)36-22-32(24-49(36)40(52)37(26(2)19-25)50(42(54)55)43(3,4)5)59-39-34-18-15-31(58-6)20-28(34)21-35(46-39)27-11-13-30(45)14-12-27/h8,10-15,18,20-21,25-26,29,32-33,36-37H,7,9,16-17,19,22-24H2,1-6H3,(H,47,51)(H,48,53)(H,54,55)/b10-8-/t25-,26+,29+,32+,36-,37-,44+/m0/s1. The van der Waals surface area contributed by atoms with E-state index in [-0.39, 0.29) is 31.2 Å². The van der Waals surface area contributed by atoms with Crippen molar-refractivity contribution in [3.05, 3.63) is 66.5 Å². The van der Waals surface area contributed by atoms with Gasteiger partial charge >= 0.3 is 6.09 Å². The van der Waals surface area contributed by atoms with Gasteiger partial charge in [-0.1, -0.05) is 26.0 Å². The Balaban J connectivity index is 1.29. The van der Waals surface area contributed by atoms with Gasteiger partial charge in [-0.15, -0.1) is 0 Å². The maximum Gasteiger partial charge on any atom is 0.408 e. The maximum absolute atomic E-state index is 15.2. The van der Waals surface area contributed by atoms with Crippen molar-refractivity contribution in [1.29, 1.82) is 0 Å². The molecule has 2 aromatic carbocycles. The van der Waals surface area contributed by atoms with Gasteiger partial charge in [-0.25, -0.2) is 22.6 Å². The zero-order valence-corrected chi connectivity index (χ0v) is 35.6. The van der Waals surface area contributed by atoms with E-state index in [0.29, 0.717) is 59.9 Å². The van der Waals surface area contributed by atoms with Crippen LogP contribution in [0.1, 0.15) is 79.6 Å². The Labute approximate surface area is 349 Å². The fraction of sp³-hybridized carbons (Fsp3) is 0.523. The van der Waals surface area contributed by atoms with Gasteiger partial charge in [0.25, 0.3) is 5.91 Å². The summed E-state index contributed by atoms with van der Waals surface area (Å²) in [6, 6.07) is 10.6. The van der Waals surface area contributed by atoms with Crippen molar-refractivity contribution in [2.24, 2.45) is 17.8 Å². The van der Waals surface area contributed by atoms with E-state index >= 15 is 4.79 Å². The van der Waals surface area contributed by atoms with Crippen LogP contribution in [0, 0.1) is 23.6 Å². The molecule has 7 atom stereocenters. The van der Waals surface area contributed by atoms with E-state index in [1.807, 2.05) is 32.1 Å². The fourth-order valence-electron chi connectivity index (χ4n) is 8.81. The lowest BCUT2D eigenvalue weighted by Gasteiger charge is -2.43. The van der Waals surface area contributed by atoms with Crippen LogP contribution in [0.3, 0.4) is 0 Å². The molecule has 3 aromatic rings. The summed E-state index contributed by atoms with van der Waals surface area (Å²) >= 11 is 0. The average Bonchev–Trinajstić information content (AvgIpc) is 4.11. The number of ether oxygens (including phenoxy) is 2. The molecule has 1 saturated heterocycles. The Hall–Kier alpha value is -5.25. The van der Waals surface area contributed by atoms with Gasteiger partial charge in [0.1, 0.15) is 35.3 Å². The number of rotatable bonds is 8. The van der Waals surface area contributed by atoms with Gasteiger partial charge in [0.05, 0.1) is 24.6 Å². The molecule has 2 aliphatic carbocycles. The fourth-order valence-corrected chi connectivity index (χ4v) is 10.2. The highest BCUT2D eigenvalue weighted by Gasteiger charge is 2.62. The van der Waals surface area contributed by atoms with Gasteiger partial charge in [0.2, 0.25) is 27.7 Å². The van der Waals surface area contributed by atoms with E-state index in [4.69, 9.17) is 14.5 Å². The number of nitrogens with one attached hydrogen (secondary N) is 2. The molecule has 14 nitrogen and oxygen atoms in total. The summed E-state index contributed by atoms with van der Waals surface area (Å²) in [6.07, 6.45) is 4.48. The number of hydrogen-bond acceptors (Lipinski definition) is 9. The van der Waals surface area contributed by atoms with Crippen LogP contribution < -0.4 is 19.5 Å². The number of pyridine rings is 1. The first-order valence-electron chi connectivity index (χ1n) is 20.6. The molecule has 0 unspecified atom stereocenters. The lowest BCUT2D eigenvalue weighted by Crippen LogP contribution is -2.62. The van der Waals surface area contributed by atoms with Crippen LogP contribution in [0.25, 0.3) is 22.0 Å². The van der Waals surface area contributed by atoms with Crippen molar-refractivity contribution in [1.82, 2.24) is 24.8 Å². The lowest BCUT2D eigenvalue weighted by molar-refractivity contribution is -0.146.